The minimum absolute atomic E-state index is 0.270. The fourth-order valence-electron chi connectivity index (χ4n) is 2.71. The van der Waals surface area contributed by atoms with Gasteiger partial charge in [0.05, 0.1) is 11.4 Å². The first-order valence-corrected chi connectivity index (χ1v) is 8.43. The largest absolute Gasteiger partial charge is 0.381 e. The van der Waals surface area contributed by atoms with Gasteiger partial charge in [0.25, 0.3) is 0 Å². The monoisotopic (exact) mass is 316 g/mol. The molecule has 22 heavy (non-hydrogen) atoms. The summed E-state index contributed by atoms with van der Waals surface area (Å²) in [5.41, 5.74) is 2.96. The average molecular weight is 316 g/mol. The van der Waals surface area contributed by atoms with Crippen LogP contribution >= 0.6 is 11.3 Å². The molecule has 6 heteroatoms. The molecule has 116 valence electrons. The number of benzene rings is 1. The summed E-state index contributed by atoms with van der Waals surface area (Å²) < 4.78 is 0. The van der Waals surface area contributed by atoms with Gasteiger partial charge in [-0.3, -0.25) is 5.32 Å². The molecular weight excluding hydrogens is 296 g/mol. The van der Waals surface area contributed by atoms with Crippen molar-refractivity contribution >= 4 is 33.9 Å². The Hall–Kier alpha value is -2.08. The van der Waals surface area contributed by atoms with E-state index < -0.39 is 0 Å². The number of rotatable bonds is 4. The van der Waals surface area contributed by atoms with E-state index in [1.807, 2.05) is 17.5 Å². The maximum atomic E-state index is 12.1. The number of thiazole rings is 1. The van der Waals surface area contributed by atoms with Gasteiger partial charge in [0, 0.05) is 17.6 Å². The van der Waals surface area contributed by atoms with E-state index in [0.29, 0.717) is 11.2 Å². The Kier molecular flexibility index (Phi) is 4.58. The first-order chi connectivity index (χ1) is 10.7. The lowest BCUT2D eigenvalue weighted by Gasteiger charge is -2.18. The minimum atomic E-state index is -0.270. The van der Waals surface area contributed by atoms with Crippen LogP contribution in [-0.2, 0) is 0 Å². The second-order valence-electron chi connectivity index (χ2n) is 5.59. The molecule has 2 amide bonds. The number of hydrogen-bond acceptors (Lipinski definition) is 4. The van der Waals surface area contributed by atoms with Crippen LogP contribution in [-0.4, -0.2) is 17.1 Å². The number of aromatic nitrogens is 1. The maximum absolute atomic E-state index is 12.1. The van der Waals surface area contributed by atoms with E-state index in [1.54, 1.807) is 6.20 Å². The Morgan fingerprint density at radius 2 is 2.05 bits per heavy atom. The predicted octanol–water partition coefficient (Wildman–Crippen LogP) is 4.45. The van der Waals surface area contributed by atoms with Crippen LogP contribution in [0.15, 0.2) is 29.8 Å². The molecule has 5 nitrogen and oxygen atoms in total. The van der Waals surface area contributed by atoms with Crippen molar-refractivity contribution in [1.82, 2.24) is 4.98 Å². The second kappa shape index (κ2) is 6.79. The van der Waals surface area contributed by atoms with Crippen LogP contribution in [0, 0.1) is 6.92 Å². The molecule has 1 aromatic heterocycles. The Morgan fingerprint density at radius 1 is 1.23 bits per heavy atom. The van der Waals surface area contributed by atoms with E-state index >= 15 is 0 Å². The molecule has 3 rings (SSSR count). The maximum Gasteiger partial charge on any atom is 0.325 e. The molecule has 1 heterocycles. The molecule has 2 aromatic rings. The molecule has 0 spiro atoms. The van der Waals surface area contributed by atoms with Crippen LogP contribution in [0.2, 0.25) is 0 Å². The Bertz CT molecular complexity index is 636. The fraction of sp³-hybridized carbons (Fsp3) is 0.375. The average Bonchev–Trinajstić information content (AvgIpc) is 3.15. The molecule has 0 atom stereocenters. The summed E-state index contributed by atoms with van der Waals surface area (Å²) >= 11 is 1.40. The lowest BCUT2D eigenvalue weighted by atomic mass is 10.1. The van der Waals surface area contributed by atoms with Crippen molar-refractivity contribution in [2.75, 3.05) is 16.0 Å². The third kappa shape index (κ3) is 3.76. The summed E-state index contributed by atoms with van der Waals surface area (Å²) in [7, 11) is 0. The molecule has 1 fully saturated rings. The van der Waals surface area contributed by atoms with E-state index in [-0.39, 0.29) is 6.03 Å². The van der Waals surface area contributed by atoms with Crippen LogP contribution in [0.1, 0.15) is 31.2 Å². The first-order valence-electron chi connectivity index (χ1n) is 7.55. The molecule has 0 aliphatic heterocycles. The number of nitrogens with zero attached hydrogens (tertiary/aromatic N) is 1. The molecule has 0 bridgehead atoms. The summed E-state index contributed by atoms with van der Waals surface area (Å²) in [6, 6.07) is 6.25. The third-order valence-electron chi connectivity index (χ3n) is 3.79. The van der Waals surface area contributed by atoms with Gasteiger partial charge in [0.15, 0.2) is 5.13 Å². The molecular formula is C16H20N4OS. The topological polar surface area (TPSA) is 66.0 Å². The summed E-state index contributed by atoms with van der Waals surface area (Å²) in [5, 5.41) is 11.6. The third-order valence-corrected chi connectivity index (χ3v) is 4.48. The number of amides is 2. The molecule has 3 N–H and O–H groups in total. The van der Waals surface area contributed by atoms with Gasteiger partial charge >= 0.3 is 6.03 Å². The quantitative estimate of drug-likeness (QED) is 0.780. The van der Waals surface area contributed by atoms with Gasteiger partial charge in [-0.2, -0.15) is 0 Å². The standard InChI is InChI=1S/C16H20N4OS/c1-11-6-7-13(14(10-11)18-12-4-2-3-5-12)19-15(21)20-16-17-8-9-22-16/h6-10,12,18H,2-5H2,1H3,(H2,17,19,20,21). The van der Waals surface area contributed by atoms with Gasteiger partial charge in [-0.1, -0.05) is 18.9 Å². The molecule has 1 saturated carbocycles. The number of urea groups is 1. The number of nitrogens with one attached hydrogen (secondary N) is 3. The van der Waals surface area contributed by atoms with Gasteiger partial charge in [-0.15, -0.1) is 11.3 Å². The van der Waals surface area contributed by atoms with E-state index in [2.05, 4.69) is 33.9 Å². The number of hydrogen-bond donors (Lipinski definition) is 3. The predicted molar refractivity (Wildman–Crippen MR) is 91.8 cm³/mol. The summed E-state index contributed by atoms with van der Waals surface area (Å²) in [5.74, 6) is 0. The highest BCUT2D eigenvalue weighted by atomic mass is 32.1. The van der Waals surface area contributed by atoms with Crippen molar-refractivity contribution < 1.29 is 4.79 Å². The van der Waals surface area contributed by atoms with Gasteiger partial charge < -0.3 is 10.6 Å². The van der Waals surface area contributed by atoms with Crippen LogP contribution in [0.25, 0.3) is 0 Å². The van der Waals surface area contributed by atoms with Crippen molar-refractivity contribution in [2.45, 2.75) is 38.6 Å². The SMILES string of the molecule is Cc1ccc(NC(=O)Nc2nccs2)c(NC2CCCC2)c1. The smallest absolute Gasteiger partial charge is 0.325 e. The van der Waals surface area contributed by atoms with Crippen LogP contribution in [0.4, 0.5) is 21.3 Å². The first kappa shape index (κ1) is 14.8. The van der Waals surface area contributed by atoms with Gasteiger partial charge in [-0.05, 0) is 37.5 Å². The lowest BCUT2D eigenvalue weighted by molar-refractivity contribution is 0.262. The van der Waals surface area contributed by atoms with Crippen molar-refractivity contribution in [2.24, 2.45) is 0 Å². The zero-order valence-corrected chi connectivity index (χ0v) is 13.4. The van der Waals surface area contributed by atoms with E-state index in [9.17, 15) is 4.79 Å². The Balaban J connectivity index is 1.70. The Labute approximate surface area is 134 Å². The number of aryl methyl sites for hydroxylation is 1. The van der Waals surface area contributed by atoms with Crippen LogP contribution < -0.4 is 16.0 Å². The zero-order valence-electron chi connectivity index (χ0n) is 12.6. The summed E-state index contributed by atoms with van der Waals surface area (Å²) in [4.78, 5) is 16.1. The van der Waals surface area contributed by atoms with Gasteiger partial charge in [0.2, 0.25) is 0 Å². The number of carbonyl (C=O) groups is 1. The molecule has 1 aliphatic carbocycles. The Morgan fingerprint density at radius 3 is 2.77 bits per heavy atom. The molecule has 0 unspecified atom stereocenters. The summed E-state index contributed by atoms with van der Waals surface area (Å²) in [6.07, 6.45) is 6.60. The summed E-state index contributed by atoms with van der Waals surface area (Å²) in [6.45, 7) is 2.05. The molecule has 0 saturated heterocycles. The van der Waals surface area contributed by atoms with Crippen molar-refractivity contribution in [1.29, 1.82) is 0 Å². The fourth-order valence-corrected chi connectivity index (χ4v) is 3.24. The molecule has 1 aromatic carbocycles. The van der Waals surface area contributed by atoms with Crippen molar-refractivity contribution in [3.63, 3.8) is 0 Å². The van der Waals surface area contributed by atoms with Crippen LogP contribution in [0.5, 0.6) is 0 Å². The van der Waals surface area contributed by atoms with Gasteiger partial charge in [0.1, 0.15) is 0 Å². The normalized spacial score (nSPS) is 14.8. The second-order valence-corrected chi connectivity index (χ2v) is 6.49. The molecule has 0 radical (unpaired) electrons. The number of anilines is 3. The minimum Gasteiger partial charge on any atom is -0.381 e. The molecule has 1 aliphatic rings. The highest BCUT2D eigenvalue weighted by Gasteiger charge is 2.16. The number of carbonyl (C=O) groups excluding carboxylic acids is 1. The van der Waals surface area contributed by atoms with E-state index in [0.717, 1.165) is 11.4 Å². The zero-order chi connectivity index (χ0) is 15.4. The van der Waals surface area contributed by atoms with Crippen LogP contribution in [0.3, 0.4) is 0 Å². The van der Waals surface area contributed by atoms with Gasteiger partial charge in [-0.25, -0.2) is 9.78 Å². The highest BCUT2D eigenvalue weighted by molar-refractivity contribution is 7.13. The lowest BCUT2D eigenvalue weighted by Crippen LogP contribution is -2.22. The highest BCUT2D eigenvalue weighted by Crippen LogP contribution is 2.28. The van der Waals surface area contributed by atoms with Crippen molar-refractivity contribution in [3.8, 4) is 0 Å². The van der Waals surface area contributed by atoms with E-state index in [1.165, 1.54) is 42.6 Å². The van der Waals surface area contributed by atoms with E-state index in [4.69, 9.17) is 0 Å². The van der Waals surface area contributed by atoms with Crippen molar-refractivity contribution in [3.05, 3.63) is 35.3 Å².